The van der Waals surface area contributed by atoms with Gasteiger partial charge < -0.3 is 9.30 Å². The molecule has 2 aromatic heterocycles. The minimum Gasteiger partial charge on any atom is -0.497 e. The van der Waals surface area contributed by atoms with Crippen molar-refractivity contribution in [1.82, 2.24) is 14.5 Å². The predicted molar refractivity (Wildman–Crippen MR) is 88.2 cm³/mol. The molecule has 0 aliphatic rings. The molecular formula is C18H21N3O. The third-order valence-electron chi connectivity index (χ3n) is 3.65. The number of imidazole rings is 1. The van der Waals surface area contributed by atoms with E-state index in [1.807, 2.05) is 30.5 Å². The summed E-state index contributed by atoms with van der Waals surface area (Å²) in [6, 6.07) is 12.1. The molecule has 0 bridgehead atoms. The number of hydrogen-bond acceptors (Lipinski definition) is 3. The van der Waals surface area contributed by atoms with E-state index in [0.717, 1.165) is 35.7 Å². The van der Waals surface area contributed by atoms with Crippen LogP contribution >= 0.6 is 0 Å². The number of pyridine rings is 1. The molecule has 0 saturated heterocycles. The Hall–Kier alpha value is -2.36. The summed E-state index contributed by atoms with van der Waals surface area (Å²) in [7, 11) is 1.68. The van der Waals surface area contributed by atoms with Gasteiger partial charge in [-0.1, -0.05) is 26.0 Å². The summed E-state index contributed by atoms with van der Waals surface area (Å²) in [5, 5.41) is 0. The number of benzene rings is 1. The first-order chi connectivity index (χ1) is 10.7. The van der Waals surface area contributed by atoms with Gasteiger partial charge in [0.15, 0.2) is 5.65 Å². The zero-order chi connectivity index (χ0) is 15.5. The van der Waals surface area contributed by atoms with Gasteiger partial charge in [-0.05, 0) is 35.7 Å². The topological polar surface area (TPSA) is 39.9 Å². The standard InChI is InChI=1S/C18H21N3O/c1-13(2)12-21-17(20-16-5-4-10-19-18(16)21)11-14-6-8-15(22-3)9-7-14/h4-10,13H,11-12H2,1-3H3. The fourth-order valence-corrected chi connectivity index (χ4v) is 2.62. The number of methoxy groups -OCH3 is 1. The van der Waals surface area contributed by atoms with Crippen molar-refractivity contribution in [2.75, 3.05) is 7.11 Å². The summed E-state index contributed by atoms with van der Waals surface area (Å²) in [5.74, 6) is 2.49. The molecule has 0 amide bonds. The van der Waals surface area contributed by atoms with Crippen LogP contribution in [0.5, 0.6) is 5.75 Å². The average molecular weight is 295 g/mol. The van der Waals surface area contributed by atoms with E-state index in [4.69, 9.17) is 9.72 Å². The first kappa shape index (κ1) is 14.6. The van der Waals surface area contributed by atoms with E-state index in [-0.39, 0.29) is 0 Å². The molecule has 0 aliphatic carbocycles. The first-order valence-corrected chi connectivity index (χ1v) is 7.60. The van der Waals surface area contributed by atoms with Gasteiger partial charge in [0.2, 0.25) is 0 Å². The number of rotatable bonds is 5. The van der Waals surface area contributed by atoms with Crippen molar-refractivity contribution in [3.63, 3.8) is 0 Å². The van der Waals surface area contributed by atoms with E-state index in [1.54, 1.807) is 7.11 Å². The molecule has 114 valence electrons. The van der Waals surface area contributed by atoms with Crippen molar-refractivity contribution >= 4 is 11.2 Å². The Bertz CT molecular complexity index is 760. The third-order valence-corrected chi connectivity index (χ3v) is 3.65. The highest BCUT2D eigenvalue weighted by Crippen LogP contribution is 2.19. The zero-order valence-corrected chi connectivity index (χ0v) is 13.3. The highest BCUT2D eigenvalue weighted by molar-refractivity contribution is 5.71. The van der Waals surface area contributed by atoms with Gasteiger partial charge >= 0.3 is 0 Å². The molecule has 3 rings (SSSR count). The molecule has 22 heavy (non-hydrogen) atoms. The minimum absolute atomic E-state index is 0.550. The first-order valence-electron chi connectivity index (χ1n) is 7.60. The molecule has 4 heteroatoms. The van der Waals surface area contributed by atoms with Gasteiger partial charge in [-0.3, -0.25) is 0 Å². The Balaban J connectivity index is 1.97. The van der Waals surface area contributed by atoms with E-state index in [9.17, 15) is 0 Å². The quantitative estimate of drug-likeness (QED) is 0.720. The summed E-state index contributed by atoms with van der Waals surface area (Å²) < 4.78 is 7.45. The van der Waals surface area contributed by atoms with E-state index in [1.165, 1.54) is 5.56 Å². The lowest BCUT2D eigenvalue weighted by atomic mass is 10.1. The van der Waals surface area contributed by atoms with Crippen molar-refractivity contribution < 1.29 is 4.74 Å². The molecular weight excluding hydrogens is 274 g/mol. The summed E-state index contributed by atoms with van der Waals surface area (Å²) >= 11 is 0. The van der Waals surface area contributed by atoms with E-state index in [2.05, 4.69) is 35.5 Å². The van der Waals surface area contributed by atoms with Gasteiger partial charge in [-0.25, -0.2) is 9.97 Å². The van der Waals surface area contributed by atoms with Crippen LogP contribution in [0.4, 0.5) is 0 Å². The maximum Gasteiger partial charge on any atom is 0.160 e. The molecule has 0 atom stereocenters. The van der Waals surface area contributed by atoms with Crippen molar-refractivity contribution in [1.29, 1.82) is 0 Å². The molecule has 0 unspecified atom stereocenters. The van der Waals surface area contributed by atoms with Crippen LogP contribution < -0.4 is 4.74 Å². The monoisotopic (exact) mass is 295 g/mol. The summed E-state index contributed by atoms with van der Waals surface area (Å²) in [6.45, 7) is 5.36. The van der Waals surface area contributed by atoms with Crippen LogP contribution in [0.25, 0.3) is 11.2 Å². The third kappa shape index (κ3) is 2.96. The van der Waals surface area contributed by atoms with Crippen LogP contribution in [-0.2, 0) is 13.0 Å². The summed E-state index contributed by atoms with van der Waals surface area (Å²) in [6.07, 6.45) is 2.63. The van der Waals surface area contributed by atoms with Crippen molar-refractivity contribution in [3.05, 3.63) is 54.0 Å². The molecule has 0 N–H and O–H groups in total. The van der Waals surface area contributed by atoms with Crippen LogP contribution in [0.3, 0.4) is 0 Å². The van der Waals surface area contributed by atoms with Crippen LogP contribution in [-0.4, -0.2) is 21.6 Å². The highest BCUT2D eigenvalue weighted by Gasteiger charge is 2.13. The molecule has 0 spiro atoms. The van der Waals surface area contributed by atoms with Crippen LogP contribution in [0, 0.1) is 5.92 Å². The lowest BCUT2D eigenvalue weighted by Crippen LogP contribution is -2.09. The van der Waals surface area contributed by atoms with Crippen LogP contribution in [0.15, 0.2) is 42.6 Å². The van der Waals surface area contributed by atoms with Gasteiger partial charge in [-0.15, -0.1) is 0 Å². The van der Waals surface area contributed by atoms with Crippen LogP contribution in [0.1, 0.15) is 25.2 Å². The Morgan fingerprint density at radius 3 is 2.59 bits per heavy atom. The smallest absolute Gasteiger partial charge is 0.160 e. The minimum atomic E-state index is 0.550. The Labute approximate surface area is 130 Å². The maximum absolute atomic E-state index is 5.21. The van der Waals surface area contributed by atoms with Gasteiger partial charge in [0.1, 0.15) is 17.1 Å². The number of aromatic nitrogens is 3. The van der Waals surface area contributed by atoms with Gasteiger partial charge in [-0.2, -0.15) is 0 Å². The van der Waals surface area contributed by atoms with Crippen molar-refractivity contribution in [3.8, 4) is 5.75 Å². The fourth-order valence-electron chi connectivity index (χ4n) is 2.62. The second-order valence-corrected chi connectivity index (χ2v) is 5.90. The Morgan fingerprint density at radius 1 is 1.14 bits per heavy atom. The van der Waals surface area contributed by atoms with Gasteiger partial charge in [0.25, 0.3) is 0 Å². The van der Waals surface area contributed by atoms with Crippen molar-refractivity contribution in [2.45, 2.75) is 26.8 Å². The molecule has 0 fully saturated rings. The van der Waals surface area contributed by atoms with Gasteiger partial charge in [0, 0.05) is 19.2 Å². The van der Waals surface area contributed by atoms with Crippen LogP contribution in [0.2, 0.25) is 0 Å². The predicted octanol–water partition coefficient (Wildman–Crippen LogP) is 3.69. The summed E-state index contributed by atoms with van der Waals surface area (Å²) in [4.78, 5) is 9.28. The second kappa shape index (κ2) is 6.18. The SMILES string of the molecule is COc1ccc(Cc2nc3cccnc3n2CC(C)C)cc1. The molecule has 0 aliphatic heterocycles. The number of hydrogen-bond donors (Lipinski definition) is 0. The lowest BCUT2D eigenvalue weighted by Gasteiger charge is -2.11. The van der Waals surface area contributed by atoms with E-state index >= 15 is 0 Å². The van der Waals surface area contributed by atoms with E-state index in [0.29, 0.717) is 5.92 Å². The summed E-state index contributed by atoms with van der Waals surface area (Å²) in [5.41, 5.74) is 3.16. The number of fused-ring (bicyclic) bond motifs is 1. The maximum atomic E-state index is 5.21. The fraction of sp³-hybridized carbons (Fsp3) is 0.333. The Morgan fingerprint density at radius 2 is 1.91 bits per heavy atom. The van der Waals surface area contributed by atoms with E-state index < -0.39 is 0 Å². The highest BCUT2D eigenvalue weighted by atomic mass is 16.5. The molecule has 1 aromatic carbocycles. The van der Waals surface area contributed by atoms with Crippen molar-refractivity contribution in [2.24, 2.45) is 5.92 Å². The molecule has 2 heterocycles. The second-order valence-electron chi connectivity index (χ2n) is 5.90. The normalized spacial score (nSPS) is 11.3. The zero-order valence-electron chi connectivity index (χ0n) is 13.3. The number of ether oxygens (including phenoxy) is 1. The lowest BCUT2D eigenvalue weighted by molar-refractivity contribution is 0.414. The molecule has 4 nitrogen and oxygen atoms in total. The average Bonchev–Trinajstić information content (AvgIpc) is 2.85. The molecule has 0 saturated carbocycles. The largest absolute Gasteiger partial charge is 0.497 e. The molecule has 0 radical (unpaired) electrons. The Kier molecular flexibility index (Phi) is 4.09. The van der Waals surface area contributed by atoms with Gasteiger partial charge in [0.05, 0.1) is 7.11 Å². The molecule has 3 aromatic rings. The number of nitrogens with zero attached hydrogens (tertiary/aromatic N) is 3.